The molecule has 0 aliphatic heterocycles. The van der Waals surface area contributed by atoms with Gasteiger partial charge < -0.3 is 10.4 Å². The molecule has 0 aliphatic rings. The number of alkyl halides is 3. The molecule has 1 atom stereocenters. The van der Waals surface area contributed by atoms with Gasteiger partial charge >= 0.3 is 6.18 Å². The monoisotopic (exact) mass is 311 g/mol. The van der Waals surface area contributed by atoms with Crippen LogP contribution in [0.2, 0.25) is 0 Å². The molecule has 0 heterocycles. The Morgan fingerprint density at radius 2 is 1.82 bits per heavy atom. The van der Waals surface area contributed by atoms with Crippen molar-refractivity contribution in [3.05, 3.63) is 34.3 Å². The summed E-state index contributed by atoms with van der Waals surface area (Å²) in [6.07, 6.45) is -5.19. The van der Waals surface area contributed by atoms with Gasteiger partial charge in [-0.25, -0.2) is 0 Å². The summed E-state index contributed by atoms with van der Waals surface area (Å²) in [4.78, 5) is 0. The molecule has 0 unspecified atom stereocenters. The summed E-state index contributed by atoms with van der Waals surface area (Å²) in [5, 5.41) is 11.3. The van der Waals surface area contributed by atoms with Crippen molar-refractivity contribution in [1.82, 2.24) is 5.32 Å². The maximum atomic E-state index is 12.4. The van der Waals surface area contributed by atoms with E-state index in [-0.39, 0.29) is 13.2 Å². The average Bonchev–Trinajstić information content (AvgIpc) is 2.24. The lowest BCUT2D eigenvalue weighted by Crippen LogP contribution is -2.28. The number of hydrogen-bond acceptors (Lipinski definition) is 2. The van der Waals surface area contributed by atoms with Gasteiger partial charge in [0.05, 0.1) is 13.0 Å². The van der Waals surface area contributed by atoms with Crippen molar-refractivity contribution >= 4 is 15.9 Å². The van der Waals surface area contributed by atoms with Crippen LogP contribution in [0.1, 0.15) is 18.0 Å². The SMILES string of the molecule is OCCN[C@H](CC(F)(F)F)c1ccc(Br)cc1. The normalized spacial score (nSPS) is 13.7. The molecule has 0 aromatic heterocycles. The van der Waals surface area contributed by atoms with Crippen molar-refractivity contribution in [2.45, 2.75) is 18.6 Å². The van der Waals surface area contributed by atoms with Gasteiger partial charge in [0.25, 0.3) is 0 Å². The lowest BCUT2D eigenvalue weighted by molar-refractivity contribution is -0.140. The Morgan fingerprint density at radius 1 is 1.24 bits per heavy atom. The van der Waals surface area contributed by atoms with Crippen LogP contribution >= 0.6 is 15.9 Å². The first-order valence-corrected chi connectivity index (χ1v) is 5.88. The molecule has 2 nitrogen and oxygen atoms in total. The third-order valence-electron chi connectivity index (χ3n) is 2.21. The van der Waals surface area contributed by atoms with Crippen LogP contribution in [0.15, 0.2) is 28.7 Å². The van der Waals surface area contributed by atoms with E-state index in [2.05, 4.69) is 21.2 Å². The van der Waals surface area contributed by atoms with Gasteiger partial charge in [0.1, 0.15) is 0 Å². The van der Waals surface area contributed by atoms with E-state index in [9.17, 15) is 13.2 Å². The van der Waals surface area contributed by atoms with Crippen LogP contribution in [-0.4, -0.2) is 24.4 Å². The Balaban J connectivity index is 2.78. The topological polar surface area (TPSA) is 32.3 Å². The van der Waals surface area contributed by atoms with Crippen molar-refractivity contribution in [1.29, 1.82) is 0 Å². The highest BCUT2D eigenvalue weighted by atomic mass is 79.9. The predicted octanol–water partition coefficient (Wildman–Crippen LogP) is 3.02. The summed E-state index contributed by atoms with van der Waals surface area (Å²) in [7, 11) is 0. The minimum atomic E-state index is -4.24. The largest absolute Gasteiger partial charge is 0.395 e. The molecule has 0 amide bonds. The van der Waals surface area contributed by atoms with Crippen LogP contribution in [0.25, 0.3) is 0 Å². The fourth-order valence-electron chi connectivity index (χ4n) is 1.47. The predicted molar refractivity (Wildman–Crippen MR) is 62.6 cm³/mol. The maximum Gasteiger partial charge on any atom is 0.390 e. The van der Waals surface area contributed by atoms with Crippen LogP contribution in [0.3, 0.4) is 0 Å². The number of rotatable bonds is 5. The quantitative estimate of drug-likeness (QED) is 0.876. The van der Waals surface area contributed by atoms with E-state index < -0.39 is 18.6 Å². The molecule has 0 spiro atoms. The summed E-state index contributed by atoms with van der Waals surface area (Å²) in [6, 6.07) is 5.82. The fraction of sp³-hybridized carbons (Fsp3) is 0.455. The number of hydrogen-bond donors (Lipinski definition) is 2. The highest BCUT2D eigenvalue weighted by Crippen LogP contribution is 2.29. The first kappa shape index (κ1) is 14.5. The Kier molecular flexibility index (Phi) is 5.42. The first-order valence-electron chi connectivity index (χ1n) is 5.09. The van der Waals surface area contributed by atoms with E-state index in [0.29, 0.717) is 5.56 Å². The zero-order chi connectivity index (χ0) is 12.9. The van der Waals surface area contributed by atoms with E-state index in [0.717, 1.165) is 4.47 Å². The van der Waals surface area contributed by atoms with E-state index in [4.69, 9.17) is 5.11 Å². The van der Waals surface area contributed by atoms with Gasteiger partial charge in [0.2, 0.25) is 0 Å². The molecule has 2 N–H and O–H groups in total. The van der Waals surface area contributed by atoms with Gasteiger partial charge in [0.15, 0.2) is 0 Å². The lowest BCUT2D eigenvalue weighted by Gasteiger charge is -2.20. The second kappa shape index (κ2) is 6.37. The Morgan fingerprint density at radius 3 is 2.29 bits per heavy atom. The molecule has 1 aromatic rings. The smallest absolute Gasteiger partial charge is 0.390 e. The van der Waals surface area contributed by atoms with Crippen molar-refractivity contribution in [3.63, 3.8) is 0 Å². The zero-order valence-electron chi connectivity index (χ0n) is 8.97. The van der Waals surface area contributed by atoms with Crippen LogP contribution in [-0.2, 0) is 0 Å². The number of halogens is 4. The molecule has 0 saturated heterocycles. The van der Waals surface area contributed by atoms with Crippen LogP contribution < -0.4 is 5.32 Å². The first-order chi connectivity index (χ1) is 7.92. The Bertz CT molecular complexity index is 340. The van der Waals surface area contributed by atoms with Crippen LogP contribution in [0.5, 0.6) is 0 Å². The van der Waals surface area contributed by atoms with Crippen molar-refractivity contribution in [2.75, 3.05) is 13.2 Å². The molecule has 17 heavy (non-hydrogen) atoms. The minimum absolute atomic E-state index is 0.136. The average molecular weight is 312 g/mol. The lowest BCUT2D eigenvalue weighted by atomic mass is 10.0. The second-order valence-corrected chi connectivity index (χ2v) is 4.52. The highest BCUT2D eigenvalue weighted by Gasteiger charge is 2.32. The third kappa shape index (κ3) is 5.52. The Labute approximate surface area is 106 Å². The van der Waals surface area contributed by atoms with E-state index in [1.807, 2.05) is 0 Å². The standard InChI is InChI=1S/C11H13BrF3NO/c12-9-3-1-8(2-4-9)10(16-5-6-17)7-11(13,14)15/h1-4,10,16-17H,5-7H2/t10-/m1/s1. The second-order valence-electron chi connectivity index (χ2n) is 3.60. The highest BCUT2D eigenvalue weighted by molar-refractivity contribution is 9.10. The molecule has 1 rings (SSSR count). The fourth-order valence-corrected chi connectivity index (χ4v) is 1.74. The summed E-state index contributed by atoms with van der Waals surface area (Å²) in [5.41, 5.74) is 0.555. The molecule has 0 bridgehead atoms. The summed E-state index contributed by atoms with van der Waals surface area (Å²) >= 11 is 3.23. The number of aliphatic hydroxyl groups excluding tert-OH is 1. The van der Waals surface area contributed by atoms with Gasteiger partial charge in [-0.1, -0.05) is 28.1 Å². The molecule has 0 fully saturated rings. The molecule has 1 aromatic carbocycles. The number of aliphatic hydroxyl groups is 1. The van der Waals surface area contributed by atoms with E-state index in [1.54, 1.807) is 24.3 Å². The van der Waals surface area contributed by atoms with E-state index in [1.165, 1.54) is 0 Å². The van der Waals surface area contributed by atoms with Gasteiger partial charge in [-0.2, -0.15) is 13.2 Å². The third-order valence-corrected chi connectivity index (χ3v) is 2.74. The van der Waals surface area contributed by atoms with E-state index >= 15 is 0 Å². The van der Waals surface area contributed by atoms with Crippen LogP contribution in [0.4, 0.5) is 13.2 Å². The molecule has 6 heteroatoms. The zero-order valence-corrected chi connectivity index (χ0v) is 10.6. The van der Waals surface area contributed by atoms with Gasteiger partial charge in [-0.05, 0) is 17.7 Å². The molecular formula is C11H13BrF3NO. The van der Waals surface area contributed by atoms with Crippen molar-refractivity contribution in [2.24, 2.45) is 0 Å². The van der Waals surface area contributed by atoms with Crippen LogP contribution in [0, 0.1) is 0 Å². The van der Waals surface area contributed by atoms with Gasteiger partial charge in [0, 0.05) is 17.1 Å². The van der Waals surface area contributed by atoms with Gasteiger partial charge in [-0.15, -0.1) is 0 Å². The summed E-state index contributed by atoms with van der Waals surface area (Å²) < 4.78 is 38.0. The molecule has 0 radical (unpaired) electrons. The summed E-state index contributed by atoms with van der Waals surface area (Å²) in [5.74, 6) is 0. The molecular weight excluding hydrogens is 299 g/mol. The summed E-state index contributed by atoms with van der Waals surface area (Å²) in [6.45, 7) is -0.0539. The maximum absolute atomic E-state index is 12.4. The Hall–Kier alpha value is -0.590. The molecule has 96 valence electrons. The molecule has 0 saturated carbocycles. The van der Waals surface area contributed by atoms with Gasteiger partial charge in [-0.3, -0.25) is 0 Å². The number of nitrogens with one attached hydrogen (secondary N) is 1. The van der Waals surface area contributed by atoms with Crippen molar-refractivity contribution < 1.29 is 18.3 Å². The minimum Gasteiger partial charge on any atom is -0.395 e. The number of benzene rings is 1. The van der Waals surface area contributed by atoms with Crippen molar-refractivity contribution in [3.8, 4) is 0 Å². The molecule has 0 aliphatic carbocycles.